The van der Waals surface area contributed by atoms with Gasteiger partial charge in [-0.05, 0) is 24.7 Å². The lowest BCUT2D eigenvalue weighted by Crippen LogP contribution is -2.25. The standard InChI is InChI=1S/C11H18O3/c1-2-3-9-6-8(7-11(13)14)4-5-10(9)12/h4-5,8-10,12H,2-3,6-7H2,1H3,(H,13,14). The summed E-state index contributed by atoms with van der Waals surface area (Å²) in [5, 5.41) is 18.3. The first-order chi connectivity index (χ1) is 6.63. The number of carboxylic acid groups (broad SMARTS) is 1. The average Bonchev–Trinajstić information content (AvgIpc) is 2.10. The van der Waals surface area contributed by atoms with Crippen molar-refractivity contribution in [3.8, 4) is 0 Å². The Labute approximate surface area is 84.4 Å². The first kappa shape index (κ1) is 11.2. The van der Waals surface area contributed by atoms with Crippen LogP contribution in [0.4, 0.5) is 0 Å². The molecule has 0 radical (unpaired) electrons. The molecule has 0 saturated heterocycles. The van der Waals surface area contributed by atoms with Crippen molar-refractivity contribution < 1.29 is 15.0 Å². The van der Waals surface area contributed by atoms with E-state index in [1.165, 1.54) is 0 Å². The van der Waals surface area contributed by atoms with Crippen LogP contribution in [0, 0.1) is 11.8 Å². The van der Waals surface area contributed by atoms with Crippen molar-refractivity contribution in [2.75, 3.05) is 0 Å². The fraction of sp³-hybridized carbons (Fsp3) is 0.727. The number of carbonyl (C=O) groups is 1. The number of rotatable bonds is 4. The van der Waals surface area contributed by atoms with Crippen LogP contribution in [0.1, 0.15) is 32.6 Å². The second-order valence-electron chi connectivity index (χ2n) is 4.02. The number of hydrogen-bond acceptors (Lipinski definition) is 2. The van der Waals surface area contributed by atoms with E-state index in [1.807, 2.05) is 6.08 Å². The van der Waals surface area contributed by atoms with E-state index >= 15 is 0 Å². The van der Waals surface area contributed by atoms with Gasteiger partial charge in [0.2, 0.25) is 0 Å². The minimum absolute atomic E-state index is 0.104. The number of aliphatic hydroxyl groups excluding tert-OH is 1. The Morgan fingerprint density at radius 2 is 2.21 bits per heavy atom. The summed E-state index contributed by atoms with van der Waals surface area (Å²) in [5.74, 6) is -0.409. The maximum atomic E-state index is 10.5. The van der Waals surface area contributed by atoms with Gasteiger partial charge in [-0.1, -0.05) is 25.5 Å². The molecule has 3 unspecified atom stereocenters. The zero-order valence-corrected chi connectivity index (χ0v) is 8.52. The molecule has 0 aliphatic heterocycles. The van der Waals surface area contributed by atoms with E-state index in [2.05, 4.69) is 6.92 Å². The van der Waals surface area contributed by atoms with Crippen LogP contribution in [0.25, 0.3) is 0 Å². The Hall–Kier alpha value is -0.830. The monoisotopic (exact) mass is 198 g/mol. The van der Waals surface area contributed by atoms with Crippen molar-refractivity contribution in [1.29, 1.82) is 0 Å². The van der Waals surface area contributed by atoms with Crippen molar-refractivity contribution in [1.82, 2.24) is 0 Å². The maximum absolute atomic E-state index is 10.5. The van der Waals surface area contributed by atoms with Gasteiger partial charge in [0.1, 0.15) is 0 Å². The van der Waals surface area contributed by atoms with Gasteiger partial charge in [-0.15, -0.1) is 0 Å². The van der Waals surface area contributed by atoms with Gasteiger partial charge >= 0.3 is 5.97 Å². The average molecular weight is 198 g/mol. The van der Waals surface area contributed by atoms with Gasteiger partial charge in [-0.25, -0.2) is 0 Å². The summed E-state index contributed by atoms with van der Waals surface area (Å²) < 4.78 is 0. The lowest BCUT2D eigenvalue weighted by molar-refractivity contribution is -0.138. The molecule has 0 aromatic heterocycles. The van der Waals surface area contributed by atoms with Gasteiger partial charge in [0, 0.05) is 0 Å². The number of carboxylic acids is 1. The fourth-order valence-corrected chi connectivity index (χ4v) is 2.07. The van der Waals surface area contributed by atoms with E-state index in [9.17, 15) is 9.90 Å². The van der Waals surface area contributed by atoms with Crippen LogP contribution < -0.4 is 0 Å². The quantitative estimate of drug-likeness (QED) is 0.677. The third kappa shape index (κ3) is 3.14. The minimum Gasteiger partial charge on any atom is -0.481 e. The summed E-state index contributed by atoms with van der Waals surface area (Å²) in [7, 11) is 0. The molecular formula is C11H18O3. The van der Waals surface area contributed by atoms with Crippen molar-refractivity contribution in [3.63, 3.8) is 0 Å². The van der Waals surface area contributed by atoms with E-state index in [0.717, 1.165) is 19.3 Å². The summed E-state index contributed by atoms with van der Waals surface area (Å²) in [6.45, 7) is 2.08. The molecule has 0 fully saturated rings. The van der Waals surface area contributed by atoms with Crippen LogP contribution in [-0.2, 0) is 4.79 Å². The maximum Gasteiger partial charge on any atom is 0.303 e. The lowest BCUT2D eigenvalue weighted by Gasteiger charge is -2.27. The minimum atomic E-state index is -0.758. The SMILES string of the molecule is CCCC1CC(CC(=O)O)C=CC1O. The van der Waals surface area contributed by atoms with Crippen molar-refractivity contribution in [2.24, 2.45) is 11.8 Å². The zero-order chi connectivity index (χ0) is 10.6. The molecule has 0 aromatic rings. The predicted octanol–water partition coefficient (Wildman–Crippen LogP) is 1.81. The Balaban J connectivity index is 2.50. The largest absolute Gasteiger partial charge is 0.481 e. The lowest BCUT2D eigenvalue weighted by atomic mass is 9.81. The van der Waals surface area contributed by atoms with Gasteiger partial charge in [0.05, 0.1) is 12.5 Å². The third-order valence-corrected chi connectivity index (χ3v) is 2.77. The fourth-order valence-electron chi connectivity index (χ4n) is 2.07. The van der Waals surface area contributed by atoms with Gasteiger partial charge in [-0.3, -0.25) is 4.79 Å². The number of allylic oxidation sites excluding steroid dienone is 1. The Morgan fingerprint density at radius 1 is 1.50 bits per heavy atom. The summed E-state index contributed by atoms with van der Waals surface area (Å²) in [6.07, 6.45) is 6.21. The molecule has 0 spiro atoms. The molecular weight excluding hydrogens is 180 g/mol. The van der Waals surface area contributed by atoms with E-state index < -0.39 is 5.97 Å². The molecule has 80 valence electrons. The predicted molar refractivity (Wildman–Crippen MR) is 53.9 cm³/mol. The highest BCUT2D eigenvalue weighted by molar-refractivity contribution is 5.67. The van der Waals surface area contributed by atoms with Crippen LogP contribution in [-0.4, -0.2) is 22.3 Å². The van der Waals surface area contributed by atoms with Gasteiger partial charge in [-0.2, -0.15) is 0 Å². The molecule has 0 saturated carbocycles. The second-order valence-corrected chi connectivity index (χ2v) is 4.02. The van der Waals surface area contributed by atoms with Crippen LogP contribution in [0.15, 0.2) is 12.2 Å². The summed E-state index contributed by atoms with van der Waals surface area (Å²) in [6, 6.07) is 0. The van der Waals surface area contributed by atoms with Gasteiger partial charge in [0.25, 0.3) is 0 Å². The Morgan fingerprint density at radius 3 is 2.79 bits per heavy atom. The highest BCUT2D eigenvalue weighted by Crippen LogP contribution is 2.29. The van der Waals surface area contributed by atoms with Crippen molar-refractivity contribution >= 4 is 5.97 Å². The normalized spacial score (nSPS) is 31.7. The second kappa shape index (κ2) is 5.15. The molecule has 2 N–H and O–H groups in total. The van der Waals surface area contributed by atoms with Crippen LogP contribution in [0.3, 0.4) is 0 Å². The molecule has 1 rings (SSSR count). The molecule has 0 aromatic carbocycles. The third-order valence-electron chi connectivity index (χ3n) is 2.77. The van der Waals surface area contributed by atoms with Crippen LogP contribution in [0.5, 0.6) is 0 Å². The summed E-state index contributed by atoms with van der Waals surface area (Å²) in [5.41, 5.74) is 0. The molecule has 0 amide bonds. The Kier molecular flexibility index (Phi) is 4.14. The van der Waals surface area contributed by atoms with Crippen LogP contribution >= 0.6 is 0 Å². The van der Waals surface area contributed by atoms with Crippen molar-refractivity contribution in [2.45, 2.75) is 38.7 Å². The number of aliphatic hydroxyl groups is 1. The molecule has 3 heteroatoms. The Bertz CT molecular complexity index is 223. The van der Waals surface area contributed by atoms with E-state index in [1.54, 1.807) is 6.08 Å². The first-order valence-electron chi connectivity index (χ1n) is 5.21. The van der Waals surface area contributed by atoms with Crippen molar-refractivity contribution in [3.05, 3.63) is 12.2 Å². The molecule has 14 heavy (non-hydrogen) atoms. The highest BCUT2D eigenvalue weighted by atomic mass is 16.4. The van der Waals surface area contributed by atoms with E-state index in [4.69, 9.17) is 5.11 Å². The van der Waals surface area contributed by atoms with E-state index in [0.29, 0.717) is 0 Å². The molecule has 1 aliphatic carbocycles. The topological polar surface area (TPSA) is 57.5 Å². The zero-order valence-electron chi connectivity index (χ0n) is 8.52. The molecule has 3 atom stereocenters. The highest BCUT2D eigenvalue weighted by Gasteiger charge is 2.25. The number of hydrogen-bond donors (Lipinski definition) is 2. The van der Waals surface area contributed by atoms with Crippen LogP contribution in [0.2, 0.25) is 0 Å². The van der Waals surface area contributed by atoms with Gasteiger partial charge in [0.15, 0.2) is 0 Å². The smallest absolute Gasteiger partial charge is 0.303 e. The molecule has 0 heterocycles. The summed E-state index contributed by atoms with van der Waals surface area (Å²) >= 11 is 0. The molecule has 3 nitrogen and oxygen atoms in total. The first-order valence-corrected chi connectivity index (χ1v) is 5.21. The van der Waals surface area contributed by atoms with E-state index in [-0.39, 0.29) is 24.4 Å². The number of aliphatic carboxylic acids is 1. The summed E-state index contributed by atoms with van der Waals surface area (Å²) in [4.78, 5) is 10.5. The van der Waals surface area contributed by atoms with Gasteiger partial charge < -0.3 is 10.2 Å². The molecule has 1 aliphatic rings. The molecule has 0 bridgehead atoms.